The van der Waals surface area contributed by atoms with Crippen LogP contribution < -0.4 is 4.90 Å². The second kappa shape index (κ2) is 5.09. The first-order valence-electron chi connectivity index (χ1n) is 5.94. The molecule has 0 saturated heterocycles. The van der Waals surface area contributed by atoms with Gasteiger partial charge in [0.2, 0.25) is 0 Å². The Morgan fingerprint density at radius 1 is 1.58 bits per heavy atom. The highest BCUT2D eigenvalue weighted by atomic mass is 16.6. The number of carboxylic acid groups (broad SMARTS) is 1. The van der Waals surface area contributed by atoms with Gasteiger partial charge in [0.1, 0.15) is 5.69 Å². The fourth-order valence-corrected chi connectivity index (χ4v) is 2.01. The Bertz CT molecular complexity index is 537. The molecule has 0 aliphatic heterocycles. The summed E-state index contributed by atoms with van der Waals surface area (Å²) in [5.41, 5.74) is 0.335. The summed E-state index contributed by atoms with van der Waals surface area (Å²) < 4.78 is 0. The van der Waals surface area contributed by atoms with Crippen LogP contribution in [-0.4, -0.2) is 28.6 Å². The summed E-state index contributed by atoms with van der Waals surface area (Å²) in [5, 5.41) is 20.1. The highest BCUT2D eigenvalue weighted by molar-refractivity contribution is 5.90. The van der Waals surface area contributed by atoms with Crippen LogP contribution >= 0.6 is 0 Å². The molecule has 0 bridgehead atoms. The van der Waals surface area contributed by atoms with E-state index in [4.69, 9.17) is 5.11 Å². The molecule has 1 N–H and O–H groups in total. The van der Waals surface area contributed by atoms with Gasteiger partial charge in [-0.3, -0.25) is 10.1 Å². The van der Waals surface area contributed by atoms with E-state index in [-0.39, 0.29) is 17.3 Å². The summed E-state index contributed by atoms with van der Waals surface area (Å²) in [7, 11) is 0. The van der Waals surface area contributed by atoms with Gasteiger partial charge >= 0.3 is 5.97 Å². The average molecular weight is 262 g/mol. The molecular formula is C13H14N2O4. The van der Waals surface area contributed by atoms with Crippen LogP contribution in [0, 0.1) is 10.1 Å². The summed E-state index contributed by atoms with van der Waals surface area (Å²) in [5.74, 6) is -1.09. The molecule has 1 aromatic carbocycles. The number of aromatic carboxylic acids is 1. The molecule has 0 amide bonds. The van der Waals surface area contributed by atoms with Crippen LogP contribution in [-0.2, 0) is 0 Å². The summed E-state index contributed by atoms with van der Waals surface area (Å²) in [6.07, 6.45) is 3.58. The lowest BCUT2D eigenvalue weighted by molar-refractivity contribution is -0.384. The minimum atomic E-state index is -1.09. The molecule has 0 spiro atoms. The predicted molar refractivity (Wildman–Crippen MR) is 70.6 cm³/mol. The van der Waals surface area contributed by atoms with Gasteiger partial charge in [-0.15, -0.1) is 6.58 Å². The number of rotatable bonds is 6. The Morgan fingerprint density at radius 3 is 2.74 bits per heavy atom. The van der Waals surface area contributed by atoms with Crippen LogP contribution in [0.5, 0.6) is 0 Å². The quantitative estimate of drug-likeness (QED) is 0.483. The standard InChI is InChI=1S/C13H14N2O4/c1-2-7-14(10-4-5-10)12-8-9(13(16)17)3-6-11(12)15(18)19/h2-3,6,8,10H,1,4-5,7H2,(H,16,17). The van der Waals surface area contributed by atoms with E-state index in [2.05, 4.69) is 6.58 Å². The molecule has 1 aliphatic rings. The zero-order chi connectivity index (χ0) is 14.0. The molecule has 6 heteroatoms. The van der Waals surface area contributed by atoms with E-state index in [1.54, 1.807) is 6.08 Å². The van der Waals surface area contributed by atoms with Gasteiger partial charge in [-0.25, -0.2) is 4.79 Å². The number of anilines is 1. The number of carboxylic acids is 1. The molecule has 0 heterocycles. The maximum absolute atomic E-state index is 11.1. The lowest BCUT2D eigenvalue weighted by Gasteiger charge is -2.23. The maximum atomic E-state index is 11.1. The van der Waals surface area contributed by atoms with E-state index in [1.807, 2.05) is 4.90 Å². The molecule has 1 saturated carbocycles. The fourth-order valence-electron chi connectivity index (χ4n) is 2.01. The molecule has 2 rings (SSSR count). The van der Waals surface area contributed by atoms with Crippen LogP contribution in [0.1, 0.15) is 23.2 Å². The van der Waals surface area contributed by atoms with E-state index >= 15 is 0 Å². The molecule has 6 nitrogen and oxygen atoms in total. The maximum Gasteiger partial charge on any atom is 0.335 e. The molecule has 0 unspecified atom stereocenters. The van der Waals surface area contributed by atoms with Crippen LogP contribution in [0.25, 0.3) is 0 Å². The molecule has 19 heavy (non-hydrogen) atoms. The number of benzene rings is 1. The smallest absolute Gasteiger partial charge is 0.335 e. The Labute approximate surface area is 110 Å². The van der Waals surface area contributed by atoms with Gasteiger partial charge in [0, 0.05) is 18.7 Å². The van der Waals surface area contributed by atoms with Crippen molar-refractivity contribution in [3.63, 3.8) is 0 Å². The topological polar surface area (TPSA) is 83.7 Å². The number of nitrogens with zero attached hydrogens (tertiary/aromatic N) is 2. The van der Waals surface area contributed by atoms with Crippen LogP contribution in [0.4, 0.5) is 11.4 Å². The average Bonchev–Trinajstić information content (AvgIpc) is 3.19. The third kappa shape index (κ3) is 2.73. The number of hydrogen-bond acceptors (Lipinski definition) is 4. The van der Waals surface area contributed by atoms with Gasteiger partial charge in [-0.05, 0) is 25.0 Å². The predicted octanol–water partition coefficient (Wildman–Crippen LogP) is 2.45. The van der Waals surface area contributed by atoms with E-state index in [9.17, 15) is 14.9 Å². The van der Waals surface area contributed by atoms with Crippen molar-refractivity contribution in [1.82, 2.24) is 0 Å². The molecule has 1 fully saturated rings. The molecule has 0 radical (unpaired) electrons. The van der Waals surface area contributed by atoms with Crippen molar-refractivity contribution in [3.8, 4) is 0 Å². The Hall–Kier alpha value is -2.37. The van der Waals surface area contributed by atoms with Crippen molar-refractivity contribution in [3.05, 3.63) is 46.5 Å². The van der Waals surface area contributed by atoms with Gasteiger partial charge < -0.3 is 10.0 Å². The van der Waals surface area contributed by atoms with Gasteiger partial charge in [0.05, 0.1) is 10.5 Å². The summed E-state index contributed by atoms with van der Waals surface area (Å²) >= 11 is 0. The normalized spacial score (nSPS) is 13.9. The SMILES string of the molecule is C=CCN(c1cc(C(=O)O)ccc1[N+](=O)[O-])C1CC1. The molecule has 0 aromatic heterocycles. The molecular weight excluding hydrogens is 248 g/mol. The van der Waals surface area contributed by atoms with Crippen molar-refractivity contribution in [2.24, 2.45) is 0 Å². The lowest BCUT2D eigenvalue weighted by atomic mass is 10.1. The Balaban J connectivity index is 2.48. The van der Waals surface area contributed by atoms with Crippen molar-refractivity contribution >= 4 is 17.3 Å². The summed E-state index contributed by atoms with van der Waals surface area (Å²) in [6, 6.07) is 4.10. The van der Waals surface area contributed by atoms with E-state index in [0.717, 1.165) is 12.8 Å². The van der Waals surface area contributed by atoms with E-state index in [0.29, 0.717) is 12.2 Å². The second-order valence-electron chi connectivity index (χ2n) is 4.44. The zero-order valence-corrected chi connectivity index (χ0v) is 10.3. The summed E-state index contributed by atoms with van der Waals surface area (Å²) in [6.45, 7) is 4.11. The number of carbonyl (C=O) groups is 1. The van der Waals surface area contributed by atoms with Gasteiger partial charge in [-0.1, -0.05) is 6.08 Å². The number of hydrogen-bond donors (Lipinski definition) is 1. The van der Waals surface area contributed by atoms with Crippen LogP contribution in [0.3, 0.4) is 0 Å². The van der Waals surface area contributed by atoms with Crippen molar-refractivity contribution < 1.29 is 14.8 Å². The first kappa shape index (κ1) is 13.1. The lowest BCUT2D eigenvalue weighted by Crippen LogP contribution is -2.26. The largest absolute Gasteiger partial charge is 0.478 e. The third-order valence-electron chi connectivity index (χ3n) is 3.04. The van der Waals surface area contributed by atoms with Crippen LogP contribution in [0.15, 0.2) is 30.9 Å². The van der Waals surface area contributed by atoms with Crippen molar-refractivity contribution in [1.29, 1.82) is 0 Å². The first-order valence-corrected chi connectivity index (χ1v) is 5.94. The van der Waals surface area contributed by atoms with Gasteiger partial charge in [-0.2, -0.15) is 0 Å². The molecule has 0 atom stereocenters. The van der Waals surface area contributed by atoms with Crippen LogP contribution in [0.2, 0.25) is 0 Å². The number of nitro benzene ring substituents is 1. The highest BCUT2D eigenvalue weighted by Crippen LogP contribution is 2.37. The minimum absolute atomic E-state index is 0.0512. The van der Waals surface area contributed by atoms with Gasteiger partial charge in [0.15, 0.2) is 0 Å². The first-order chi connectivity index (χ1) is 9.04. The van der Waals surface area contributed by atoms with E-state index < -0.39 is 10.9 Å². The van der Waals surface area contributed by atoms with Gasteiger partial charge in [0.25, 0.3) is 5.69 Å². The van der Waals surface area contributed by atoms with Crippen molar-refractivity contribution in [2.45, 2.75) is 18.9 Å². The summed E-state index contributed by atoms with van der Waals surface area (Å²) in [4.78, 5) is 23.4. The van der Waals surface area contributed by atoms with E-state index in [1.165, 1.54) is 18.2 Å². The zero-order valence-electron chi connectivity index (χ0n) is 10.3. The molecule has 1 aromatic rings. The Morgan fingerprint density at radius 2 is 2.26 bits per heavy atom. The minimum Gasteiger partial charge on any atom is -0.478 e. The van der Waals surface area contributed by atoms with Crippen molar-refractivity contribution in [2.75, 3.05) is 11.4 Å². The number of nitro groups is 1. The second-order valence-corrected chi connectivity index (χ2v) is 4.44. The monoisotopic (exact) mass is 262 g/mol. The molecule has 1 aliphatic carbocycles. The third-order valence-corrected chi connectivity index (χ3v) is 3.04. The highest BCUT2D eigenvalue weighted by Gasteiger charge is 2.32. The fraction of sp³-hybridized carbons (Fsp3) is 0.308. The Kier molecular flexibility index (Phi) is 3.50. The molecule has 100 valence electrons.